The van der Waals surface area contributed by atoms with Crippen molar-refractivity contribution in [2.45, 2.75) is 19.9 Å². The average Bonchev–Trinajstić information content (AvgIpc) is 3.30. The van der Waals surface area contributed by atoms with Crippen LogP contribution in [-0.4, -0.2) is 78.6 Å². The monoisotopic (exact) mass is 377 g/mol. The van der Waals surface area contributed by atoms with Gasteiger partial charge in [-0.15, -0.1) is 0 Å². The van der Waals surface area contributed by atoms with Gasteiger partial charge in [0.2, 0.25) is 0 Å². The Morgan fingerprint density at radius 2 is 1.81 bits per heavy atom. The van der Waals surface area contributed by atoms with E-state index in [0.717, 1.165) is 70.0 Å². The Balaban J connectivity index is 1.53. The minimum Gasteiger partial charge on any atom is -0.379 e. The first kappa shape index (κ1) is 17.9. The third kappa shape index (κ3) is 3.78. The van der Waals surface area contributed by atoms with Gasteiger partial charge in [0.1, 0.15) is 0 Å². The van der Waals surface area contributed by atoms with Gasteiger partial charge in [0, 0.05) is 38.8 Å². The predicted molar refractivity (Wildman–Crippen MR) is 103 cm³/mol. The van der Waals surface area contributed by atoms with Crippen molar-refractivity contribution in [2.24, 2.45) is 0 Å². The number of ether oxygens (including phenoxy) is 2. The number of morpholine rings is 2. The summed E-state index contributed by atoms with van der Waals surface area (Å²) in [7, 11) is 0. The molecule has 0 spiro atoms. The molecule has 4 heterocycles. The first-order valence-electron chi connectivity index (χ1n) is 9.35. The number of nitrogens with zero attached hydrogens (tertiary/aromatic N) is 5. The molecule has 0 unspecified atom stereocenters. The highest BCUT2D eigenvalue weighted by Crippen LogP contribution is 2.35. The van der Waals surface area contributed by atoms with Gasteiger partial charge in [0.25, 0.3) is 0 Å². The van der Waals surface area contributed by atoms with Crippen LogP contribution in [0.1, 0.15) is 18.7 Å². The predicted octanol–water partition coefficient (Wildman–Crippen LogP) is 2.04. The van der Waals surface area contributed by atoms with Crippen molar-refractivity contribution in [3.63, 3.8) is 0 Å². The number of rotatable bonds is 5. The summed E-state index contributed by atoms with van der Waals surface area (Å²) in [5, 5.41) is 1.09. The number of aromatic nitrogens is 3. The number of anilines is 1. The highest BCUT2D eigenvalue weighted by molar-refractivity contribution is 7.19. The molecule has 142 valence electrons. The van der Waals surface area contributed by atoms with Gasteiger partial charge in [-0.1, -0.05) is 11.3 Å². The van der Waals surface area contributed by atoms with Crippen molar-refractivity contribution < 1.29 is 9.47 Å². The van der Waals surface area contributed by atoms with Gasteiger partial charge in [0.15, 0.2) is 5.13 Å². The molecule has 0 bridgehead atoms. The molecule has 2 fully saturated rings. The molecule has 2 saturated heterocycles. The van der Waals surface area contributed by atoms with Crippen LogP contribution in [0.5, 0.6) is 0 Å². The summed E-state index contributed by atoms with van der Waals surface area (Å²) in [6.45, 7) is 12.5. The first-order valence-corrected chi connectivity index (χ1v) is 10.2. The third-order valence-electron chi connectivity index (χ3n) is 5.07. The molecule has 0 amide bonds. The molecule has 0 saturated carbocycles. The second-order valence-electron chi connectivity index (χ2n) is 6.96. The van der Waals surface area contributed by atoms with Crippen LogP contribution in [0.25, 0.3) is 10.6 Å². The van der Waals surface area contributed by atoms with Gasteiger partial charge in [-0.2, -0.15) is 0 Å². The standard InChI is InChI=1S/C18H27N5O2S/c1-14(12-21-3-7-24-8-4-21)23-13-19-11-16(23)17-15(2)20-18(26-17)22-5-9-25-10-6-22/h11,13-14H,3-10,12H2,1-2H3/t14-/m1/s1. The largest absolute Gasteiger partial charge is 0.379 e. The highest BCUT2D eigenvalue weighted by Gasteiger charge is 2.22. The second kappa shape index (κ2) is 8.04. The lowest BCUT2D eigenvalue weighted by Gasteiger charge is -2.30. The molecule has 0 radical (unpaired) electrons. The zero-order chi connectivity index (χ0) is 17.9. The van der Waals surface area contributed by atoms with E-state index < -0.39 is 0 Å². The highest BCUT2D eigenvalue weighted by atomic mass is 32.1. The summed E-state index contributed by atoms with van der Waals surface area (Å²) < 4.78 is 13.2. The molecule has 26 heavy (non-hydrogen) atoms. The molecule has 2 aliphatic heterocycles. The van der Waals surface area contributed by atoms with Crippen LogP contribution in [0.15, 0.2) is 12.5 Å². The molecule has 7 nitrogen and oxygen atoms in total. The van der Waals surface area contributed by atoms with Crippen LogP contribution < -0.4 is 4.90 Å². The molecular formula is C18H27N5O2S. The zero-order valence-electron chi connectivity index (χ0n) is 15.6. The van der Waals surface area contributed by atoms with Crippen molar-refractivity contribution in [2.75, 3.05) is 64.1 Å². The first-order chi connectivity index (χ1) is 12.7. The minimum absolute atomic E-state index is 0.360. The zero-order valence-corrected chi connectivity index (χ0v) is 16.4. The van der Waals surface area contributed by atoms with E-state index in [1.807, 2.05) is 12.5 Å². The summed E-state index contributed by atoms with van der Waals surface area (Å²) in [6.07, 6.45) is 3.92. The van der Waals surface area contributed by atoms with E-state index in [1.54, 1.807) is 11.3 Å². The maximum Gasteiger partial charge on any atom is 0.186 e. The van der Waals surface area contributed by atoms with Crippen molar-refractivity contribution in [1.82, 2.24) is 19.4 Å². The van der Waals surface area contributed by atoms with Crippen molar-refractivity contribution >= 4 is 16.5 Å². The molecule has 2 aromatic heterocycles. The average molecular weight is 378 g/mol. The van der Waals surface area contributed by atoms with E-state index in [4.69, 9.17) is 14.5 Å². The number of imidazole rings is 1. The van der Waals surface area contributed by atoms with Crippen LogP contribution in [0.4, 0.5) is 5.13 Å². The Hall–Kier alpha value is -1.48. The van der Waals surface area contributed by atoms with Crippen LogP contribution in [-0.2, 0) is 9.47 Å². The minimum atomic E-state index is 0.360. The van der Waals surface area contributed by atoms with Gasteiger partial charge in [0.05, 0.1) is 55.2 Å². The number of hydrogen-bond donors (Lipinski definition) is 0. The molecule has 0 aromatic carbocycles. The van der Waals surface area contributed by atoms with Crippen molar-refractivity contribution in [1.29, 1.82) is 0 Å². The van der Waals surface area contributed by atoms with Crippen molar-refractivity contribution in [3.05, 3.63) is 18.2 Å². The molecule has 4 rings (SSSR count). The second-order valence-corrected chi connectivity index (χ2v) is 7.94. The van der Waals surface area contributed by atoms with E-state index in [1.165, 1.54) is 10.6 Å². The number of thiazole rings is 1. The fourth-order valence-electron chi connectivity index (χ4n) is 3.59. The maximum atomic E-state index is 5.46. The summed E-state index contributed by atoms with van der Waals surface area (Å²) in [5.41, 5.74) is 2.25. The molecule has 2 aromatic rings. The van der Waals surface area contributed by atoms with Gasteiger partial charge < -0.3 is 18.9 Å². The lowest BCUT2D eigenvalue weighted by atomic mass is 10.2. The van der Waals surface area contributed by atoms with E-state index >= 15 is 0 Å². The maximum absolute atomic E-state index is 5.46. The van der Waals surface area contributed by atoms with E-state index in [2.05, 4.69) is 33.2 Å². The molecule has 2 aliphatic rings. The lowest BCUT2D eigenvalue weighted by Crippen LogP contribution is -2.39. The van der Waals surface area contributed by atoms with Crippen LogP contribution in [0.2, 0.25) is 0 Å². The molecular weight excluding hydrogens is 350 g/mol. The quantitative estimate of drug-likeness (QED) is 0.795. The molecule has 8 heteroatoms. The van der Waals surface area contributed by atoms with Crippen molar-refractivity contribution in [3.8, 4) is 10.6 Å². The van der Waals surface area contributed by atoms with Gasteiger partial charge in [-0.05, 0) is 13.8 Å². The van der Waals surface area contributed by atoms with Crippen LogP contribution in [0.3, 0.4) is 0 Å². The van der Waals surface area contributed by atoms with Gasteiger partial charge in [-0.3, -0.25) is 4.90 Å². The Morgan fingerprint density at radius 1 is 1.12 bits per heavy atom. The van der Waals surface area contributed by atoms with Gasteiger partial charge >= 0.3 is 0 Å². The Labute approximate surface area is 158 Å². The summed E-state index contributed by atoms with van der Waals surface area (Å²) in [5.74, 6) is 0. The SMILES string of the molecule is Cc1nc(N2CCOCC2)sc1-c1cncn1[C@H](C)CN1CCOCC1. The Kier molecular flexibility index (Phi) is 5.54. The summed E-state index contributed by atoms with van der Waals surface area (Å²) >= 11 is 1.77. The smallest absolute Gasteiger partial charge is 0.186 e. The fraction of sp³-hybridized carbons (Fsp3) is 0.667. The molecule has 1 atom stereocenters. The Morgan fingerprint density at radius 3 is 2.54 bits per heavy atom. The Bertz CT molecular complexity index is 719. The third-order valence-corrected chi connectivity index (χ3v) is 6.31. The number of hydrogen-bond acceptors (Lipinski definition) is 7. The van der Waals surface area contributed by atoms with Crippen LogP contribution >= 0.6 is 11.3 Å². The van der Waals surface area contributed by atoms with Gasteiger partial charge in [-0.25, -0.2) is 9.97 Å². The van der Waals surface area contributed by atoms with Crippen LogP contribution in [0, 0.1) is 6.92 Å². The molecule has 0 aliphatic carbocycles. The lowest BCUT2D eigenvalue weighted by molar-refractivity contribution is 0.0326. The van der Waals surface area contributed by atoms with E-state index in [9.17, 15) is 0 Å². The topological polar surface area (TPSA) is 55.7 Å². The number of aryl methyl sites for hydroxylation is 1. The molecule has 0 N–H and O–H groups in total. The summed E-state index contributed by atoms with van der Waals surface area (Å²) in [6, 6.07) is 0.360. The van der Waals surface area contributed by atoms with E-state index in [-0.39, 0.29) is 0 Å². The van der Waals surface area contributed by atoms with E-state index in [0.29, 0.717) is 6.04 Å². The summed E-state index contributed by atoms with van der Waals surface area (Å²) in [4.78, 5) is 15.3. The fourth-order valence-corrected chi connectivity index (χ4v) is 4.72. The normalized spacial score (nSPS) is 20.5.